The lowest BCUT2D eigenvalue weighted by molar-refractivity contribution is 0.254. The average molecular weight is 504 g/mol. The summed E-state index contributed by atoms with van der Waals surface area (Å²) < 4.78 is 2.20. The highest BCUT2D eigenvalue weighted by atomic mass is 15.3. The molecular formula is C33H37N5. The van der Waals surface area contributed by atoms with Crippen molar-refractivity contribution in [2.24, 2.45) is 0 Å². The van der Waals surface area contributed by atoms with Crippen LogP contribution in [0.3, 0.4) is 0 Å². The van der Waals surface area contributed by atoms with Gasteiger partial charge in [-0.05, 0) is 75.4 Å². The lowest BCUT2D eigenvalue weighted by Crippen LogP contribution is -2.35. The SMILES string of the molecule is Cc1cccc(C(=C2CCN(CCCN3Cc4nnc(C)n4-c4ccccc43)CC2)c2cccc(C)c2)c1. The van der Waals surface area contributed by atoms with Gasteiger partial charge in [0, 0.05) is 19.6 Å². The quantitative estimate of drug-likeness (QED) is 0.301. The molecule has 2 aliphatic heterocycles. The molecule has 0 unspecified atom stereocenters. The highest BCUT2D eigenvalue weighted by Crippen LogP contribution is 2.34. The van der Waals surface area contributed by atoms with Crippen molar-refractivity contribution in [1.29, 1.82) is 0 Å². The number of nitrogens with zero attached hydrogens (tertiary/aromatic N) is 5. The fraction of sp³-hybridized carbons (Fsp3) is 0.333. The van der Waals surface area contributed by atoms with Crippen molar-refractivity contribution in [3.05, 3.63) is 112 Å². The Morgan fingerprint density at radius 2 is 1.39 bits per heavy atom. The van der Waals surface area contributed by atoms with E-state index < -0.39 is 0 Å². The number of fused-ring (bicyclic) bond motifs is 3. The first-order valence-corrected chi connectivity index (χ1v) is 13.9. The summed E-state index contributed by atoms with van der Waals surface area (Å²) in [5.41, 5.74) is 10.9. The van der Waals surface area contributed by atoms with Crippen LogP contribution in [0.1, 0.15) is 53.2 Å². The molecule has 2 aliphatic rings. The van der Waals surface area contributed by atoms with Gasteiger partial charge in [-0.25, -0.2) is 0 Å². The van der Waals surface area contributed by atoms with Gasteiger partial charge < -0.3 is 9.80 Å². The van der Waals surface area contributed by atoms with E-state index in [1.165, 1.54) is 39.2 Å². The van der Waals surface area contributed by atoms with Crippen LogP contribution in [0.2, 0.25) is 0 Å². The smallest absolute Gasteiger partial charge is 0.157 e. The van der Waals surface area contributed by atoms with Crippen LogP contribution in [0.15, 0.2) is 78.4 Å². The molecule has 1 aromatic heterocycles. The van der Waals surface area contributed by atoms with E-state index in [0.717, 1.165) is 63.6 Å². The van der Waals surface area contributed by atoms with Crippen LogP contribution < -0.4 is 4.90 Å². The van der Waals surface area contributed by atoms with E-state index in [1.54, 1.807) is 5.57 Å². The summed E-state index contributed by atoms with van der Waals surface area (Å²) in [6, 6.07) is 26.7. The van der Waals surface area contributed by atoms with Gasteiger partial charge in [-0.3, -0.25) is 4.57 Å². The Labute approximate surface area is 226 Å². The maximum absolute atomic E-state index is 4.44. The van der Waals surface area contributed by atoms with Crippen molar-refractivity contribution in [3.8, 4) is 5.69 Å². The number of aryl methyl sites for hydroxylation is 3. The van der Waals surface area contributed by atoms with Crippen LogP contribution in [0.4, 0.5) is 5.69 Å². The molecule has 5 nitrogen and oxygen atoms in total. The van der Waals surface area contributed by atoms with Gasteiger partial charge in [-0.2, -0.15) is 0 Å². The van der Waals surface area contributed by atoms with Crippen LogP contribution >= 0.6 is 0 Å². The highest BCUT2D eigenvalue weighted by Gasteiger charge is 2.25. The van der Waals surface area contributed by atoms with Gasteiger partial charge >= 0.3 is 0 Å². The molecule has 0 saturated carbocycles. The van der Waals surface area contributed by atoms with Gasteiger partial charge in [-0.1, -0.05) is 77.4 Å². The molecule has 0 radical (unpaired) electrons. The minimum atomic E-state index is 0.821. The maximum atomic E-state index is 4.44. The molecule has 6 rings (SSSR count). The van der Waals surface area contributed by atoms with Crippen molar-refractivity contribution in [2.75, 3.05) is 31.1 Å². The maximum Gasteiger partial charge on any atom is 0.157 e. The molecular weight excluding hydrogens is 466 g/mol. The van der Waals surface area contributed by atoms with E-state index in [9.17, 15) is 0 Å². The van der Waals surface area contributed by atoms with E-state index in [4.69, 9.17) is 0 Å². The van der Waals surface area contributed by atoms with E-state index in [0.29, 0.717) is 0 Å². The lowest BCUT2D eigenvalue weighted by atomic mass is 9.87. The predicted molar refractivity (Wildman–Crippen MR) is 156 cm³/mol. The number of piperidine rings is 1. The van der Waals surface area contributed by atoms with Crippen molar-refractivity contribution in [2.45, 2.75) is 46.6 Å². The van der Waals surface area contributed by atoms with E-state index >= 15 is 0 Å². The molecule has 0 bridgehead atoms. The van der Waals surface area contributed by atoms with Gasteiger partial charge in [0.2, 0.25) is 0 Å². The molecule has 5 heteroatoms. The molecule has 0 spiro atoms. The molecule has 1 fully saturated rings. The molecule has 3 aromatic carbocycles. The predicted octanol–water partition coefficient (Wildman–Crippen LogP) is 6.50. The van der Waals surface area contributed by atoms with Crippen molar-refractivity contribution >= 4 is 11.3 Å². The largest absolute Gasteiger partial charge is 0.362 e. The van der Waals surface area contributed by atoms with Crippen LogP contribution in [-0.4, -0.2) is 45.8 Å². The Hall–Kier alpha value is -3.70. The summed E-state index contributed by atoms with van der Waals surface area (Å²) >= 11 is 0. The Morgan fingerprint density at radius 3 is 2.05 bits per heavy atom. The third-order valence-electron chi connectivity index (χ3n) is 8.02. The monoisotopic (exact) mass is 503 g/mol. The fourth-order valence-electron chi connectivity index (χ4n) is 6.16. The van der Waals surface area contributed by atoms with E-state index in [-0.39, 0.29) is 0 Å². The topological polar surface area (TPSA) is 37.2 Å². The van der Waals surface area contributed by atoms with Gasteiger partial charge in [0.1, 0.15) is 5.82 Å². The first kappa shape index (κ1) is 24.6. The number of benzene rings is 3. The first-order valence-electron chi connectivity index (χ1n) is 13.9. The third-order valence-corrected chi connectivity index (χ3v) is 8.02. The molecule has 3 heterocycles. The van der Waals surface area contributed by atoms with Crippen molar-refractivity contribution < 1.29 is 0 Å². The van der Waals surface area contributed by atoms with Crippen molar-refractivity contribution in [3.63, 3.8) is 0 Å². The van der Waals surface area contributed by atoms with Gasteiger partial charge in [0.25, 0.3) is 0 Å². The molecule has 0 N–H and O–H groups in total. The van der Waals surface area contributed by atoms with Crippen LogP contribution in [0, 0.1) is 20.8 Å². The lowest BCUT2D eigenvalue weighted by Gasteiger charge is -2.33. The second-order valence-electron chi connectivity index (χ2n) is 10.8. The highest BCUT2D eigenvalue weighted by molar-refractivity contribution is 5.82. The normalized spacial score (nSPS) is 15.3. The zero-order valence-corrected chi connectivity index (χ0v) is 22.8. The van der Waals surface area contributed by atoms with Crippen molar-refractivity contribution in [1.82, 2.24) is 19.7 Å². The number of aromatic nitrogens is 3. The van der Waals surface area contributed by atoms with Gasteiger partial charge in [-0.15, -0.1) is 10.2 Å². The number of likely N-dealkylation sites (tertiary alicyclic amines) is 1. The van der Waals surface area contributed by atoms with E-state index in [1.807, 2.05) is 6.92 Å². The molecule has 1 saturated heterocycles. The Morgan fingerprint density at radius 1 is 0.737 bits per heavy atom. The van der Waals surface area contributed by atoms with Gasteiger partial charge in [0.05, 0.1) is 17.9 Å². The number of rotatable bonds is 6. The van der Waals surface area contributed by atoms with Crippen LogP contribution in [-0.2, 0) is 6.54 Å². The zero-order valence-electron chi connectivity index (χ0n) is 22.8. The Kier molecular flexibility index (Phi) is 6.86. The average Bonchev–Trinajstić information content (AvgIpc) is 3.30. The van der Waals surface area contributed by atoms with Gasteiger partial charge in [0.15, 0.2) is 5.82 Å². The molecule has 4 aromatic rings. The summed E-state index contributed by atoms with van der Waals surface area (Å²) in [5.74, 6) is 1.99. The summed E-state index contributed by atoms with van der Waals surface area (Å²) in [7, 11) is 0. The summed E-state index contributed by atoms with van der Waals surface area (Å²) in [4.78, 5) is 5.12. The Bertz CT molecular complexity index is 1420. The number of hydrogen-bond acceptors (Lipinski definition) is 4. The number of anilines is 1. The second kappa shape index (κ2) is 10.6. The summed E-state index contributed by atoms with van der Waals surface area (Å²) in [6.07, 6.45) is 3.40. The standard InChI is InChI=1S/C33H37N5/c1-24-9-6-11-28(21-24)33(29-12-7-10-25(2)22-29)27-15-19-36(20-16-27)17-8-18-37-23-32-35-34-26(3)38(32)31-14-5-4-13-30(31)37/h4-7,9-14,21-22H,8,15-20,23H2,1-3H3. The molecule has 194 valence electrons. The molecule has 0 amide bonds. The summed E-state index contributed by atoms with van der Waals surface area (Å²) in [6.45, 7) is 11.6. The Balaban J connectivity index is 1.13. The van der Waals surface area contributed by atoms with E-state index in [2.05, 4.69) is 111 Å². The minimum absolute atomic E-state index is 0.821. The zero-order chi connectivity index (χ0) is 26.1. The first-order chi connectivity index (χ1) is 18.6. The third kappa shape index (κ3) is 4.91. The second-order valence-corrected chi connectivity index (χ2v) is 10.8. The minimum Gasteiger partial charge on any atom is -0.362 e. The van der Waals surface area contributed by atoms with Crippen LogP contribution in [0.25, 0.3) is 11.3 Å². The molecule has 0 aliphatic carbocycles. The summed E-state index contributed by atoms with van der Waals surface area (Å²) in [5, 5.41) is 8.78. The van der Waals surface area contributed by atoms with Crippen LogP contribution in [0.5, 0.6) is 0 Å². The number of hydrogen-bond donors (Lipinski definition) is 0. The fourth-order valence-corrected chi connectivity index (χ4v) is 6.16. The molecule has 0 atom stereocenters. The molecule has 38 heavy (non-hydrogen) atoms. The number of para-hydroxylation sites is 2.